The number of nitrogens with zero attached hydrogens (tertiary/aromatic N) is 2. The average molecular weight is 489 g/mol. The first-order valence-electron chi connectivity index (χ1n) is 10.8. The lowest BCUT2D eigenvalue weighted by Gasteiger charge is -2.44. The minimum absolute atomic E-state index is 0.0155. The highest BCUT2D eigenvalue weighted by Gasteiger charge is 2.42. The number of halogens is 2. The monoisotopic (exact) mass is 488 g/mol. The summed E-state index contributed by atoms with van der Waals surface area (Å²) in [6.07, 6.45) is 1.40. The Balaban J connectivity index is 1.58. The van der Waals surface area contributed by atoms with E-state index in [1.165, 1.54) is 17.6 Å². The Kier molecular flexibility index (Phi) is 6.77. The summed E-state index contributed by atoms with van der Waals surface area (Å²) in [5, 5.41) is 14.8. The predicted molar refractivity (Wildman–Crippen MR) is 125 cm³/mol. The minimum Gasteiger partial charge on any atom is -0.389 e. The molecule has 0 aliphatic carbocycles. The molecule has 2 aromatic heterocycles. The largest absolute Gasteiger partial charge is 0.389 e. The van der Waals surface area contributed by atoms with Crippen LogP contribution in [0.5, 0.6) is 0 Å². The van der Waals surface area contributed by atoms with Crippen LogP contribution in [0, 0.1) is 23.0 Å². The summed E-state index contributed by atoms with van der Waals surface area (Å²) in [4.78, 5) is 21.1. The fourth-order valence-corrected chi connectivity index (χ4v) is 5.01. The third kappa shape index (κ3) is 4.85. The van der Waals surface area contributed by atoms with Gasteiger partial charge in [0.15, 0.2) is 0 Å². The highest BCUT2D eigenvalue weighted by molar-refractivity contribution is 7.13. The quantitative estimate of drug-likeness (QED) is 0.499. The Morgan fingerprint density at radius 3 is 2.65 bits per heavy atom. The number of nitrogens with two attached hydrogens (primary N) is 1. The summed E-state index contributed by atoms with van der Waals surface area (Å²) in [5.41, 5.74) is 6.67. The number of pyridine rings is 1. The van der Waals surface area contributed by atoms with E-state index in [9.17, 15) is 18.7 Å². The molecule has 4 atom stereocenters. The van der Waals surface area contributed by atoms with Gasteiger partial charge >= 0.3 is 0 Å². The van der Waals surface area contributed by atoms with Crippen LogP contribution in [-0.4, -0.2) is 33.3 Å². The molecule has 4 rings (SSSR count). The van der Waals surface area contributed by atoms with Gasteiger partial charge in [0.1, 0.15) is 28.6 Å². The molecule has 4 N–H and O–H groups in total. The van der Waals surface area contributed by atoms with E-state index in [1.54, 1.807) is 12.3 Å². The van der Waals surface area contributed by atoms with E-state index in [4.69, 9.17) is 10.5 Å². The number of ether oxygens (including phenoxy) is 1. The maximum absolute atomic E-state index is 14.1. The molecule has 3 aromatic rings. The number of carbonyl (C=O) groups excluding carboxylic acids is 1. The van der Waals surface area contributed by atoms with Crippen LogP contribution in [0.25, 0.3) is 10.6 Å². The SMILES string of the molecule is CC(C)(C)[C@H]1C[C@@H](c2ccncc2NC(=O)c2csc(-c3c(F)cccc3F)n2)O[C@@H](N)[C@@H]1O. The van der Waals surface area contributed by atoms with Gasteiger partial charge in [-0.1, -0.05) is 26.8 Å². The number of amides is 1. The zero-order valence-electron chi connectivity index (χ0n) is 19.0. The van der Waals surface area contributed by atoms with Gasteiger partial charge in [-0.05, 0) is 36.0 Å². The second kappa shape index (κ2) is 9.46. The van der Waals surface area contributed by atoms with Gasteiger partial charge in [-0.15, -0.1) is 11.3 Å². The fourth-order valence-electron chi connectivity index (χ4n) is 4.16. The number of thiazole rings is 1. The number of hydrogen-bond acceptors (Lipinski definition) is 7. The third-order valence-corrected chi connectivity index (χ3v) is 6.87. The molecule has 0 bridgehead atoms. The zero-order chi connectivity index (χ0) is 24.6. The Bertz CT molecular complexity index is 1180. The molecular formula is C24H26F2N4O3S. The first-order chi connectivity index (χ1) is 16.1. The highest BCUT2D eigenvalue weighted by Crippen LogP contribution is 2.44. The molecule has 3 heterocycles. The number of aliphatic hydroxyl groups is 1. The van der Waals surface area contributed by atoms with Crippen LogP contribution in [0.15, 0.2) is 42.0 Å². The lowest BCUT2D eigenvalue weighted by molar-refractivity contribution is -0.164. The first kappa shape index (κ1) is 24.3. The number of anilines is 1. The number of carbonyl (C=O) groups is 1. The third-order valence-electron chi connectivity index (χ3n) is 6.01. The molecule has 1 saturated heterocycles. The van der Waals surface area contributed by atoms with E-state index < -0.39 is 36.0 Å². The number of nitrogens with one attached hydrogen (secondary N) is 1. The number of benzene rings is 1. The van der Waals surface area contributed by atoms with Crippen LogP contribution >= 0.6 is 11.3 Å². The zero-order valence-corrected chi connectivity index (χ0v) is 19.8. The molecule has 0 radical (unpaired) electrons. The number of hydrogen-bond donors (Lipinski definition) is 3. The summed E-state index contributed by atoms with van der Waals surface area (Å²) in [6, 6.07) is 5.27. The smallest absolute Gasteiger partial charge is 0.275 e. The van der Waals surface area contributed by atoms with Crippen molar-refractivity contribution in [2.45, 2.75) is 45.6 Å². The molecule has 0 unspecified atom stereocenters. The molecule has 7 nitrogen and oxygen atoms in total. The van der Waals surface area contributed by atoms with Crippen molar-refractivity contribution in [2.24, 2.45) is 17.1 Å². The van der Waals surface area contributed by atoms with Crippen molar-refractivity contribution in [1.82, 2.24) is 9.97 Å². The molecule has 1 amide bonds. The first-order valence-corrected chi connectivity index (χ1v) is 11.7. The van der Waals surface area contributed by atoms with E-state index in [1.807, 2.05) is 20.8 Å². The standard InChI is InChI=1S/C24H26F2N4O3S/c1-24(2,3)13-9-18(33-21(27)20(13)31)12-7-8-28-10-16(12)29-22(32)17-11-34-23(30-17)19-14(25)5-4-6-15(19)26/h4-8,10-11,13,18,20-21,31H,9,27H2,1-3H3,(H,29,32)/t13-,18-,20+,21+/m0/s1. The Morgan fingerprint density at radius 2 is 1.97 bits per heavy atom. The maximum atomic E-state index is 14.1. The van der Waals surface area contributed by atoms with Gasteiger partial charge in [-0.2, -0.15) is 0 Å². The van der Waals surface area contributed by atoms with Crippen molar-refractivity contribution < 1.29 is 23.4 Å². The second-order valence-corrected chi connectivity index (χ2v) is 10.2. The van der Waals surface area contributed by atoms with E-state index in [0.29, 0.717) is 17.7 Å². The molecule has 180 valence electrons. The van der Waals surface area contributed by atoms with Crippen LogP contribution in [0.3, 0.4) is 0 Å². The van der Waals surface area contributed by atoms with Crippen molar-refractivity contribution >= 4 is 22.9 Å². The molecular weight excluding hydrogens is 462 g/mol. The van der Waals surface area contributed by atoms with Crippen molar-refractivity contribution in [2.75, 3.05) is 5.32 Å². The van der Waals surface area contributed by atoms with Crippen molar-refractivity contribution in [1.29, 1.82) is 0 Å². The van der Waals surface area contributed by atoms with Crippen molar-refractivity contribution in [3.05, 3.63) is 64.9 Å². The molecule has 1 aliphatic rings. The van der Waals surface area contributed by atoms with Crippen LogP contribution in [0.4, 0.5) is 14.5 Å². The number of rotatable bonds is 4. The lowest BCUT2D eigenvalue weighted by Crippen LogP contribution is -2.51. The Morgan fingerprint density at radius 1 is 1.26 bits per heavy atom. The summed E-state index contributed by atoms with van der Waals surface area (Å²) in [7, 11) is 0. The van der Waals surface area contributed by atoms with E-state index in [0.717, 1.165) is 23.5 Å². The van der Waals surface area contributed by atoms with Gasteiger partial charge < -0.3 is 20.9 Å². The van der Waals surface area contributed by atoms with Gasteiger partial charge in [0, 0.05) is 17.1 Å². The van der Waals surface area contributed by atoms with Crippen molar-refractivity contribution in [3.8, 4) is 10.6 Å². The van der Waals surface area contributed by atoms with Gasteiger partial charge in [0.2, 0.25) is 0 Å². The summed E-state index contributed by atoms with van der Waals surface area (Å²) in [5.74, 6) is -2.19. The number of aromatic nitrogens is 2. The minimum atomic E-state index is -0.878. The van der Waals surface area contributed by atoms with E-state index >= 15 is 0 Å². The van der Waals surface area contributed by atoms with Crippen LogP contribution in [0.1, 0.15) is 49.3 Å². The van der Waals surface area contributed by atoms with Gasteiger partial charge in [-0.25, -0.2) is 13.8 Å². The predicted octanol–water partition coefficient (Wildman–Crippen LogP) is 4.51. The Hall–Kier alpha value is -2.79. The topological polar surface area (TPSA) is 110 Å². The van der Waals surface area contributed by atoms with Gasteiger partial charge in [-0.3, -0.25) is 9.78 Å². The second-order valence-electron chi connectivity index (χ2n) is 9.34. The molecule has 1 aliphatic heterocycles. The van der Waals surface area contributed by atoms with Crippen molar-refractivity contribution in [3.63, 3.8) is 0 Å². The maximum Gasteiger partial charge on any atom is 0.275 e. The van der Waals surface area contributed by atoms with E-state index in [-0.39, 0.29) is 27.6 Å². The average Bonchev–Trinajstić information content (AvgIpc) is 3.25. The molecule has 34 heavy (non-hydrogen) atoms. The molecule has 0 spiro atoms. The van der Waals surface area contributed by atoms with Crippen LogP contribution in [0.2, 0.25) is 0 Å². The van der Waals surface area contributed by atoms with Crippen LogP contribution in [-0.2, 0) is 4.74 Å². The fraction of sp³-hybridized carbons (Fsp3) is 0.375. The molecule has 10 heteroatoms. The van der Waals surface area contributed by atoms with Crippen LogP contribution < -0.4 is 11.1 Å². The van der Waals surface area contributed by atoms with E-state index in [2.05, 4.69) is 15.3 Å². The Labute approximate surface area is 200 Å². The summed E-state index contributed by atoms with van der Waals surface area (Å²) in [6.45, 7) is 6.09. The summed E-state index contributed by atoms with van der Waals surface area (Å²) >= 11 is 0.969. The molecule has 0 saturated carbocycles. The summed E-state index contributed by atoms with van der Waals surface area (Å²) < 4.78 is 34.1. The molecule has 1 aromatic carbocycles. The van der Waals surface area contributed by atoms with Gasteiger partial charge in [0.05, 0.1) is 29.7 Å². The number of aliphatic hydroxyl groups excluding tert-OH is 1. The van der Waals surface area contributed by atoms with Gasteiger partial charge in [0.25, 0.3) is 5.91 Å². The highest BCUT2D eigenvalue weighted by atomic mass is 32.1. The molecule has 1 fully saturated rings. The normalized spacial score (nSPS) is 23.0. The lowest BCUT2D eigenvalue weighted by atomic mass is 9.72.